The molecule has 1 N–H and O–H groups in total. The van der Waals surface area contributed by atoms with Crippen LogP contribution in [0.25, 0.3) is 0 Å². The number of rotatable bonds is 8. The third kappa shape index (κ3) is 5.44. The molecule has 0 unspecified atom stereocenters. The summed E-state index contributed by atoms with van der Waals surface area (Å²) in [6, 6.07) is 15.1. The number of carbonyl (C=O) groups is 2. The average molecular weight is 496 g/mol. The van der Waals surface area contributed by atoms with Gasteiger partial charge in [0, 0.05) is 40.9 Å². The van der Waals surface area contributed by atoms with Gasteiger partial charge >= 0.3 is 5.97 Å². The van der Waals surface area contributed by atoms with Gasteiger partial charge in [-0.25, -0.2) is 4.79 Å². The van der Waals surface area contributed by atoms with Gasteiger partial charge in [-0.3, -0.25) is 4.79 Å². The van der Waals surface area contributed by atoms with Crippen LogP contribution in [0.3, 0.4) is 0 Å². The average Bonchev–Trinajstić information content (AvgIpc) is 2.86. The van der Waals surface area contributed by atoms with Gasteiger partial charge in [0.15, 0.2) is 5.78 Å². The van der Waals surface area contributed by atoms with E-state index in [1.165, 1.54) is 0 Å². The first-order chi connectivity index (χ1) is 16.9. The van der Waals surface area contributed by atoms with Crippen LogP contribution in [0.1, 0.15) is 49.7 Å². The van der Waals surface area contributed by atoms with E-state index in [9.17, 15) is 9.59 Å². The Morgan fingerprint density at radius 2 is 1.86 bits per heavy atom. The molecule has 0 aromatic heterocycles. The van der Waals surface area contributed by atoms with Gasteiger partial charge < -0.3 is 19.5 Å². The van der Waals surface area contributed by atoms with E-state index < -0.39 is 11.9 Å². The molecule has 0 spiro atoms. The van der Waals surface area contributed by atoms with E-state index in [1.54, 1.807) is 7.11 Å². The zero-order chi connectivity index (χ0) is 24.9. The summed E-state index contributed by atoms with van der Waals surface area (Å²) in [5.74, 6) is -0.295. The fourth-order valence-electron chi connectivity index (χ4n) is 4.85. The minimum Gasteiger partial charge on any atom is -0.497 e. The summed E-state index contributed by atoms with van der Waals surface area (Å²) in [7, 11) is 1.60. The zero-order valence-corrected chi connectivity index (χ0v) is 21.0. The van der Waals surface area contributed by atoms with E-state index in [0.29, 0.717) is 53.7 Å². The van der Waals surface area contributed by atoms with Crippen LogP contribution in [0.5, 0.6) is 5.75 Å². The Labute approximate surface area is 210 Å². The molecule has 1 aliphatic carbocycles. The Bertz CT molecular complexity index is 1170. The number of ether oxygens (including phenoxy) is 3. The standard InChI is InChI=1S/C28H30ClNO5/c1-4-34-12-13-35-28(32)25-17(2)30-23-15-20(18-8-10-21(29)11-9-18)16-24(31)27(23)26(25)19-6-5-7-22(14-19)33-3/h5-11,14,20,26,30H,4,12-13,15-16H2,1-3H3/t20-,26-/m1/s1. The number of hydrogen-bond acceptors (Lipinski definition) is 6. The molecule has 2 aromatic carbocycles. The van der Waals surface area contributed by atoms with Crippen LogP contribution < -0.4 is 10.1 Å². The van der Waals surface area contributed by atoms with E-state index >= 15 is 0 Å². The number of esters is 1. The van der Waals surface area contributed by atoms with Crippen molar-refractivity contribution in [3.8, 4) is 5.75 Å². The molecule has 1 heterocycles. The van der Waals surface area contributed by atoms with Crippen molar-refractivity contribution in [3.05, 3.63) is 87.2 Å². The van der Waals surface area contributed by atoms with Crippen LogP contribution in [-0.4, -0.2) is 38.7 Å². The summed E-state index contributed by atoms with van der Waals surface area (Å²) in [6.07, 6.45) is 1.02. The van der Waals surface area contributed by atoms with E-state index in [4.69, 9.17) is 25.8 Å². The molecular formula is C28H30ClNO5. The summed E-state index contributed by atoms with van der Waals surface area (Å²) in [5.41, 5.74) is 4.46. The summed E-state index contributed by atoms with van der Waals surface area (Å²) in [6.45, 7) is 4.76. The Hall–Kier alpha value is -3.09. The number of carbonyl (C=O) groups excluding carboxylic acids is 2. The van der Waals surface area contributed by atoms with Crippen LogP contribution >= 0.6 is 11.6 Å². The first-order valence-corrected chi connectivity index (χ1v) is 12.2. The predicted molar refractivity (Wildman–Crippen MR) is 134 cm³/mol. The number of halogens is 1. The summed E-state index contributed by atoms with van der Waals surface area (Å²) < 4.78 is 16.3. The number of dihydropyridines is 1. The number of allylic oxidation sites excluding steroid dienone is 3. The van der Waals surface area contributed by atoms with Crippen molar-refractivity contribution in [1.82, 2.24) is 5.32 Å². The third-order valence-electron chi connectivity index (χ3n) is 6.48. The maximum atomic E-state index is 13.6. The fourth-order valence-corrected chi connectivity index (χ4v) is 4.98. The minimum atomic E-state index is -0.542. The maximum Gasteiger partial charge on any atom is 0.336 e. The summed E-state index contributed by atoms with van der Waals surface area (Å²) >= 11 is 6.06. The van der Waals surface area contributed by atoms with Crippen molar-refractivity contribution in [3.63, 3.8) is 0 Å². The highest BCUT2D eigenvalue weighted by atomic mass is 35.5. The van der Waals surface area contributed by atoms with Crippen molar-refractivity contribution < 1.29 is 23.8 Å². The van der Waals surface area contributed by atoms with Crippen molar-refractivity contribution in [1.29, 1.82) is 0 Å². The maximum absolute atomic E-state index is 13.6. The third-order valence-corrected chi connectivity index (χ3v) is 6.73. The second-order valence-electron chi connectivity index (χ2n) is 8.68. The first kappa shape index (κ1) is 25.0. The molecule has 2 atom stereocenters. The van der Waals surface area contributed by atoms with Crippen molar-refractivity contribution >= 4 is 23.4 Å². The van der Waals surface area contributed by atoms with E-state index in [2.05, 4.69) is 5.32 Å². The van der Waals surface area contributed by atoms with Gasteiger partial charge in [-0.2, -0.15) is 0 Å². The highest BCUT2D eigenvalue weighted by Gasteiger charge is 2.41. The topological polar surface area (TPSA) is 73.9 Å². The quantitative estimate of drug-likeness (QED) is 0.396. The van der Waals surface area contributed by atoms with Gasteiger partial charge in [0.1, 0.15) is 12.4 Å². The van der Waals surface area contributed by atoms with Crippen LogP contribution in [0, 0.1) is 0 Å². The molecule has 0 saturated heterocycles. The zero-order valence-electron chi connectivity index (χ0n) is 20.2. The first-order valence-electron chi connectivity index (χ1n) is 11.8. The lowest BCUT2D eigenvalue weighted by atomic mass is 9.71. The molecule has 2 aromatic rings. The van der Waals surface area contributed by atoms with Gasteiger partial charge in [-0.15, -0.1) is 0 Å². The van der Waals surface area contributed by atoms with Crippen LogP contribution in [0.15, 0.2) is 71.1 Å². The van der Waals surface area contributed by atoms with Gasteiger partial charge in [0.2, 0.25) is 0 Å². The van der Waals surface area contributed by atoms with Crippen molar-refractivity contribution in [2.75, 3.05) is 26.9 Å². The predicted octanol–water partition coefficient (Wildman–Crippen LogP) is 5.29. The molecule has 2 aliphatic rings. The van der Waals surface area contributed by atoms with Gasteiger partial charge in [0.25, 0.3) is 0 Å². The molecule has 1 aliphatic heterocycles. The lowest BCUT2D eigenvalue weighted by Gasteiger charge is -2.36. The number of nitrogens with one attached hydrogen (secondary N) is 1. The van der Waals surface area contributed by atoms with E-state index in [1.807, 2.05) is 62.4 Å². The van der Waals surface area contributed by atoms with Crippen LogP contribution in [0.4, 0.5) is 0 Å². The highest BCUT2D eigenvalue weighted by molar-refractivity contribution is 6.30. The van der Waals surface area contributed by atoms with Gasteiger partial charge in [-0.1, -0.05) is 35.9 Å². The Morgan fingerprint density at radius 3 is 2.57 bits per heavy atom. The van der Waals surface area contributed by atoms with Crippen molar-refractivity contribution in [2.45, 2.75) is 38.5 Å². The largest absolute Gasteiger partial charge is 0.497 e. The fraction of sp³-hybridized carbons (Fsp3) is 0.357. The molecule has 0 amide bonds. The molecule has 35 heavy (non-hydrogen) atoms. The molecule has 4 rings (SSSR count). The Balaban J connectivity index is 1.72. The molecule has 184 valence electrons. The number of methoxy groups -OCH3 is 1. The lowest BCUT2D eigenvalue weighted by Crippen LogP contribution is -2.36. The van der Waals surface area contributed by atoms with E-state index in [-0.39, 0.29) is 18.3 Å². The Morgan fingerprint density at radius 1 is 1.09 bits per heavy atom. The normalized spacial score (nSPS) is 19.8. The molecule has 6 nitrogen and oxygen atoms in total. The molecular weight excluding hydrogens is 466 g/mol. The smallest absolute Gasteiger partial charge is 0.336 e. The minimum absolute atomic E-state index is 0.0126. The second-order valence-corrected chi connectivity index (χ2v) is 9.11. The van der Waals surface area contributed by atoms with Gasteiger partial charge in [0.05, 0.1) is 19.3 Å². The SMILES string of the molecule is CCOCCOC(=O)C1=C(C)NC2=C(C(=O)C[C@H](c3ccc(Cl)cc3)C2)[C@@H]1c1cccc(OC)c1. The van der Waals surface area contributed by atoms with Crippen LogP contribution in [-0.2, 0) is 19.1 Å². The summed E-state index contributed by atoms with van der Waals surface area (Å²) in [5, 5.41) is 4.03. The summed E-state index contributed by atoms with van der Waals surface area (Å²) in [4.78, 5) is 26.9. The molecule has 7 heteroatoms. The van der Waals surface area contributed by atoms with E-state index in [0.717, 1.165) is 16.8 Å². The van der Waals surface area contributed by atoms with Crippen molar-refractivity contribution in [2.24, 2.45) is 0 Å². The lowest BCUT2D eigenvalue weighted by molar-refractivity contribution is -0.140. The number of hydrogen-bond donors (Lipinski definition) is 1. The molecule has 0 radical (unpaired) electrons. The molecule has 0 fully saturated rings. The van der Waals surface area contributed by atoms with Gasteiger partial charge in [-0.05, 0) is 61.6 Å². The Kier molecular flexibility index (Phi) is 7.93. The van der Waals surface area contributed by atoms with Crippen LogP contribution in [0.2, 0.25) is 5.02 Å². The number of Topliss-reactive ketones (excluding diaryl/α,β-unsaturated/α-hetero) is 1. The molecule has 0 bridgehead atoms. The second kappa shape index (κ2) is 11.1. The monoisotopic (exact) mass is 495 g/mol. The number of ketones is 1. The highest BCUT2D eigenvalue weighted by Crippen LogP contribution is 2.46. The number of benzene rings is 2. The molecule has 0 saturated carbocycles.